The van der Waals surface area contributed by atoms with Gasteiger partial charge in [0, 0.05) is 7.11 Å². The van der Waals surface area contributed by atoms with Crippen LogP contribution in [0, 0.1) is 16.2 Å². The topological polar surface area (TPSA) is 35.5 Å². The van der Waals surface area contributed by atoms with Crippen molar-refractivity contribution in [1.29, 1.82) is 0 Å². The van der Waals surface area contributed by atoms with Crippen molar-refractivity contribution < 1.29 is 14.3 Å². The van der Waals surface area contributed by atoms with Crippen LogP contribution in [0.2, 0.25) is 0 Å². The van der Waals surface area contributed by atoms with Gasteiger partial charge in [-0.2, -0.15) is 0 Å². The minimum absolute atomic E-state index is 0.0500. The Hall–Kier alpha value is -0.570. The van der Waals surface area contributed by atoms with Crippen molar-refractivity contribution in [1.82, 2.24) is 0 Å². The monoisotopic (exact) mass is 272 g/mol. The van der Waals surface area contributed by atoms with Crippen molar-refractivity contribution >= 4 is 5.97 Å². The molecule has 0 aromatic heterocycles. The van der Waals surface area contributed by atoms with Crippen molar-refractivity contribution in [2.45, 2.75) is 61.3 Å². The van der Waals surface area contributed by atoms with E-state index in [2.05, 4.69) is 27.7 Å². The number of carbonyl (C=O) groups is 1. The zero-order valence-electron chi connectivity index (χ0n) is 14.1. The number of hydrogen-bond donors (Lipinski definition) is 0. The summed E-state index contributed by atoms with van der Waals surface area (Å²) in [5.41, 5.74) is -0.278. The van der Waals surface area contributed by atoms with Crippen molar-refractivity contribution in [3.8, 4) is 0 Å². The summed E-state index contributed by atoms with van der Waals surface area (Å²) in [5, 5.41) is 0. The van der Waals surface area contributed by atoms with E-state index in [1.807, 2.05) is 20.8 Å². The second-order valence-corrected chi connectivity index (χ2v) is 7.32. The van der Waals surface area contributed by atoms with Gasteiger partial charge in [-0.1, -0.05) is 34.6 Å². The van der Waals surface area contributed by atoms with Crippen LogP contribution in [0.1, 0.15) is 61.3 Å². The van der Waals surface area contributed by atoms with E-state index < -0.39 is 0 Å². The summed E-state index contributed by atoms with van der Waals surface area (Å²) in [5.74, 6) is -0.102. The third-order valence-corrected chi connectivity index (χ3v) is 4.73. The third kappa shape index (κ3) is 5.13. The first-order chi connectivity index (χ1) is 8.50. The minimum Gasteiger partial charge on any atom is -0.465 e. The summed E-state index contributed by atoms with van der Waals surface area (Å²) >= 11 is 0. The lowest BCUT2D eigenvalue weighted by molar-refractivity contribution is -0.155. The molecule has 0 saturated carbocycles. The number of ether oxygens (including phenoxy) is 2. The average Bonchev–Trinajstić information content (AvgIpc) is 2.28. The van der Waals surface area contributed by atoms with E-state index in [-0.39, 0.29) is 22.2 Å². The fourth-order valence-corrected chi connectivity index (χ4v) is 1.63. The first kappa shape index (κ1) is 18.4. The van der Waals surface area contributed by atoms with E-state index in [0.29, 0.717) is 13.2 Å². The number of rotatable bonds is 8. The molecule has 0 aliphatic heterocycles. The van der Waals surface area contributed by atoms with Gasteiger partial charge in [0.1, 0.15) is 0 Å². The average molecular weight is 272 g/mol. The van der Waals surface area contributed by atoms with Gasteiger partial charge in [-0.05, 0) is 37.5 Å². The summed E-state index contributed by atoms with van der Waals surface area (Å²) in [6.07, 6.45) is 1.64. The van der Waals surface area contributed by atoms with Gasteiger partial charge < -0.3 is 9.47 Å². The van der Waals surface area contributed by atoms with Crippen LogP contribution in [-0.2, 0) is 14.3 Å². The number of carbonyl (C=O) groups excluding carboxylic acids is 1. The largest absolute Gasteiger partial charge is 0.465 e. The quantitative estimate of drug-likeness (QED) is 0.625. The van der Waals surface area contributed by atoms with Crippen LogP contribution in [0.25, 0.3) is 0 Å². The second kappa shape index (κ2) is 6.74. The molecule has 0 aliphatic rings. The molecule has 0 bridgehead atoms. The van der Waals surface area contributed by atoms with Gasteiger partial charge in [0.2, 0.25) is 0 Å². The fraction of sp³-hybridized carbons (Fsp3) is 0.938. The lowest BCUT2D eigenvalue weighted by Crippen LogP contribution is -2.38. The van der Waals surface area contributed by atoms with Crippen molar-refractivity contribution in [3.63, 3.8) is 0 Å². The summed E-state index contributed by atoms with van der Waals surface area (Å²) in [6.45, 7) is 15.8. The number of hydrogen-bond acceptors (Lipinski definition) is 3. The highest BCUT2D eigenvalue weighted by atomic mass is 16.5. The van der Waals surface area contributed by atoms with Crippen LogP contribution in [0.15, 0.2) is 0 Å². The molecule has 0 rings (SSSR count). The molecule has 0 atom stereocenters. The predicted molar refractivity (Wildman–Crippen MR) is 79.1 cm³/mol. The molecule has 114 valence electrons. The van der Waals surface area contributed by atoms with Crippen LogP contribution in [-0.4, -0.2) is 26.3 Å². The maximum absolute atomic E-state index is 11.9. The fourth-order valence-electron chi connectivity index (χ4n) is 1.63. The molecule has 0 unspecified atom stereocenters. The Kier molecular flexibility index (Phi) is 6.53. The molecule has 19 heavy (non-hydrogen) atoms. The molecule has 0 aromatic carbocycles. The maximum atomic E-state index is 11.9. The Balaban J connectivity index is 4.38. The Labute approximate surface area is 119 Å². The van der Waals surface area contributed by atoms with Gasteiger partial charge in [-0.15, -0.1) is 0 Å². The highest BCUT2D eigenvalue weighted by Gasteiger charge is 2.37. The van der Waals surface area contributed by atoms with Gasteiger partial charge in [0.25, 0.3) is 0 Å². The molecule has 3 heteroatoms. The SMILES string of the molecule is CCC(C)(C)C(=O)OCCC(C)(C)C(C)(C)COC. The summed E-state index contributed by atoms with van der Waals surface area (Å²) < 4.78 is 10.7. The molecule has 0 amide bonds. The van der Waals surface area contributed by atoms with Gasteiger partial charge in [0.15, 0.2) is 0 Å². The van der Waals surface area contributed by atoms with E-state index >= 15 is 0 Å². The third-order valence-electron chi connectivity index (χ3n) is 4.73. The standard InChI is InChI=1S/C16H32O3/c1-9-14(2,3)13(17)19-11-10-15(4,5)16(6,7)12-18-8/h9-12H2,1-8H3. The molecule has 0 saturated heterocycles. The molecule has 0 heterocycles. The molecular formula is C16H32O3. The summed E-state index contributed by atoms with van der Waals surface area (Å²) in [7, 11) is 1.72. The normalized spacial score (nSPS) is 13.5. The highest BCUT2D eigenvalue weighted by molar-refractivity contribution is 5.75. The molecular weight excluding hydrogens is 240 g/mol. The van der Waals surface area contributed by atoms with E-state index in [1.165, 1.54) is 0 Å². The summed E-state index contributed by atoms with van der Waals surface area (Å²) in [6, 6.07) is 0. The second-order valence-electron chi connectivity index (χ2n) is 7.32. The van der Waals surface area contributed by atoms with Gasteiger partial charge in [-0.25, -0.2) is 0 Å². The van der Waals surface area contributed by atoms with Crippen molar-refractivity contribution in [2.75, 3.05) is 20.3 Å². The molecule has 0 spiro atoms. The molecule has 0 aliphatic carbocycles. The van der Waals surface area contributed by atoms with E-state index in [4.69, 9.17) is 9.47 Å². The smallest absolute Gasteiger partial charge is 0.311 e. The highest BCUT2D eigenvalue weighted by Crippen LogP contribution is 2.41. The van der Waals surface area contributed by atoms with Crippen LogP contribution in [0.3, 0.4) is 0 Å². The van der Waals surface area contributed by atoms with E-state index in [9.17, 15) is 4.79 Å². The van der Waals surface area contributed by atoms with Gasteiger partial charge in [-0.3, -0.25) is 4.79 Å². The minimum atomic E-state index is -0.383. The predicted octanol–water partition coefficient (Wildman–Crippen LogP) is 4.05. The Morgan fingerprint density at radius 1 is 1.00 bits per heavy atom. The maximum Gasteiger partial charge on any atom is 0.311 e. The molecule has 3 nitrogen and oxygen atoms in total. The Morgan fingerprint density at radius 2 is 1.53 bits per heavy atom. The van der Waals surface area contributed by atoms with Crippen LogP contribution in [0.5, 0.6) is 0 Å². The Bertz CT molecular complexity index is 290. The zero-order valence-corrected chi connectivity index (χ0v) is 14.1. The molecule has 0 aromatic rings. The van der Waals surface area contributed by atoms with Crippen LogP contribution >= 0.6 is 0 Å². The van der Waals surface area contributed by atoms with Crippen LogP contribution < -0.4 is 0 Å². The molecule has 0 fully saturated rings. The number of methoxy groups -OCH3 is 1. The first-order valence-corrected chi connectivity index (χ1v) is 7.16. The zero-order chi connectivity index (χ0) is 15.3. The molecule has 0 N–H and O–H groups in total. The first-order valence-electron chi connectivity index (χ1n) is 7.16. The lowest BCUT2D eigenvalue weighted by atomic mass is 9.67. The summed E-state index contributed by atoms with van der Waals surface area (Å²) in [4.78, 5) is 11.9. The van der Waals surface area contributed by atoms with Crippen molar-refractivity contribution in [3.05, 3.63) is 0 Å². The van der Waals surface area contributed by atoms with Crippen LogP contribution in [0.4, 0.5) is 0 Å². The van der Waals surface area contributed by atoms with E-state index in [1.54, 1.807) is 7.11 Å². The van der Waals surface area contributed by atoms with Gasteiger partial charge >= 0.3 is 5.97 Å². The van der Waals surface area contributed by atoms with Gasteiger partial charge in [0.05, 0.1) is 18.6 Å². The molecule has 0 radical (unpaired) electrons. The Morgan fingerprint density at radius 3 is 1.95 bits per heavy atom. The lowest BCUT2D eigenvalue weighted by Gasteiger charge is -2.41. The number of esters is 1. The van der Waals surface area contributed by atoms with E-state index in [0.717, 1.165) is 12.8 Å². The van der Waals surface area contributed by atoms with Crippen molar-refractivity contribution in [2.24, 2.45) is 16.2 Å².